The van der Waals surface area contributed by atoms with Crippen LogP contribution in [-0.4, -0.2) is 41.5 Å². The standard InChI is InChI=1S/C19H23NO4/c1-13(2)20-11-15(21)12-24-16-8-9-17(19(22)23)18(10-16)14-6-4-3-5-7-14/h3-10,13,15,20-21H,11-12H2,1-2H3,(H,22,23). The lowest BCUT2D eigenvalue weighted by molar-refractivity contribution is 0.0697. The summed E-state index contributed by atoms with van der Waals surface area (Å²) in [5.74, 6) is -0.455. The van der Waals surface area contributed by atoms with E-state index in [2.05, 4.69) is 5.32 Å². The van der Waals surface area contributed by atoms with E-state index in [0.717, 1.165) is 5.56 Å². The molecule has 0 saturated heterocycles. The van der Waals surface area contributed by atoms with Crippen LogP contribution in [0.5, 0.6) is 5.75 Å². The van der Waals surface area contributed by atoms with E-state index in [9.17, 15) is 15.0 Å². The third kappa shape index (κ3) is 5.08. The number of aliphatic hydroxyl groups excluding tert-OH is 1. The number of aliphatic hydroxyl groups is 1. The van der Waals surface area contributed by atoms with Crippen molar-refractivity contribution in [2.75, 3.05) is 13.2 Å². The van der Waals surface area contributed by atoms with Gasteiger partial charge in [-0.05, 0) is 29.3 Å². The molecule has 0 aliphatic carbocycles. The molecule has 3 N–H and O–H groups in total. The van der Waals surface area contributed by atoms with Gasteiger partial charge in [0.15, 0.2) is 0 Å². The maximum Gasteiger partial charge on any atom is 0.336 e. The number of carboxylic acids is 1. The van der Waals surface area contributed by atoms with Crippen molar-refractivity contribution in [1.82, 2.24) is 5.32 Å². The predicted molar refractivity (Wildman–Crippen MR) is 93.5 cm³/mol. The van der Waals surface area contributed by atoms with Gasteiger partial charge < -0.3 is 20.3 Å². The number of aromatic carboxylic acids is 1. The number of hydrogen-bond donors (Lipinski definition) is 3. The van der Waals surface area contributed by atoms with Crippen LogP contribution >= 0.6 is 0 Å². The number of rotatable bonds is 8. The summed E-state index contributed by atoms with van der Waals surface area (Å²) < 4.78 is 5.61. The van der Waals surface area contributed by atoms with Crippen molar-refractivity contribution in [2.45, 2.75) is 26.0 Å². The SMILES string of the molecule is CC(C)NCC(O)COc1ccc(C(=O)O)c(-c2ccccc2)c1. The van der Waals surface area contributed by atoms with Gasteiger partial charge in [-0.1, -0.05) is 44.2 Å². The number of benzene rings is 2. The fourth-order valence-corrected chi connectivity index (χ4v) is 2.28. The average molecular weight is 329 g/mol. The molecular formula is C19H23NO4. The summed E-state index contributed by atoms with van der Waals surface area (Å²) in [7, 11) is 0. The van der Waals surface area contributed by atoms with E-state index in [1.54, 1.807) is 12.1 Å². The van der Waals surface area contributed by atoms with Gasteiger partial charge in [0.2, 0.25) is 0 Å². The minimum atomic E-state index is -0.985. The highest BCUT2D eigenvalue weighted by molar-refractivity contribution is 5.96. The van der Waals surface area contributed by atoms with Gasteiger partial charge in [-0.15, -0.1) is 0 Å². The van der Waals surface area contributed by atoms with Crippen LogP contribution < -0.4 is 10.1 Å². The molecule has 0 amide bonds. The Hall–Kier alpha value is -2.37. The molecule has 5 heteroatoms. The minimum absolute atomic E-state index is 0.139. The maximum absolute atomic E-state index is 11.4. The number of carbonyl (C=O) groups is 1. The van der Waals surface area contributed by atoms with Crippen LogP contribution in [0.4, 0.5) is 0 Å². The molecule has 2 aromatic rings. The second-order valence-electron chi connectivity index (χ2n) is 5.91. The zero-order valence-corrected chi connectivity index (χ0v) is 13.9. The van der Waals surface area contributed by atoms with Crippen molar-refractivity contribution in [3.8, 4) is 16.9 Å². The largest absolute Gasteiger partial charge is 0.491 e. The first-order valence-corrected chi connectivity index (χ1v) is 7.94. The Bertz CT molecular complexity index is 670. The lowest BCUT2D eigenvalue weighted by Crippen LogP contribution is -2.35. The quantitative estimate of drug-likeness (QED) is 0.694. The highest BCUT2D eigenvalue weighted by Gasteiger charge is 2.13. The summed E-state index contributed by atoms with van der Waals surface area (Å²) in [5, 5.41) is 22.4. The van der Waals surface area contributed by atoms with E-state index >= 15 is 0 Å². The molecule has 2 aromatic carbocycles. The first kappa shape index (κ1) is 18.0. The molecule has 0 aliphatic rings. The first-order chi connectivity index (χ1) is 11.5. The Balaban J connectivity index is 2.14. The number of hydrogen-bond acceptors (Lipinski definition) is 4. The fraction of sp³-hybridized carbons (Fsp3) is 0.316. The van der Waals surface area contributed by atoms with E-state index in [1.165, 1.54) is 6.07 Å². The fourth-order valence-electron chi connectivity index (χ4n) is 2.28. The van der Waals surface area contributed by atoms with E-state index in [1.807, 2.05) is 44.2 Å². The van der Waals surface area contributed by atoms with E-state index < -0.39 is 12.1 Å². The lowest BCUT2D eigenvalue weighted by Gasteiger charge is -2.16. The van der Waals surface area contributed by atoms with Crippen LogP contribution in [-0.2, 0) is 0 Å². The maximum atomic E-state index is 11.4. The Labute approximate surface area is 141 Å². The molecule has 5 nitrogen and oxygen atoms in total. The molecule has 0 fully saturated rings. The molecule has 2 rings (SSSR count). The molecular weight excluding hydrogens is 306 g/mol. The summed E-state index contributed by atoms with van der Waals surface area (Å²) in [6, 6.07) is 14.4. The van der Waals surface area contributed by atoms with Crippen molar-refractivity contribution in [3.05, 3.63) is 54.1 Å². The number of carboxylic acid groups (broad SMARTS) is 1. The van der Waals surface area contributed by atoms with Gasteiger partial charge in [-0.3, -0.25) is 0 Å². The van der Waals surface area contributed by atoms with Crippen LogP contribution in [0.2, 0.25) is 0 Å². The summed E-state index contributed by atoms with van der Waals surface area (Å²) >= 11 is 0. The van der Waals surface area contributed by atoms with Crippen LogP contribution in [0.1, 0.15) is 24.2 Å². The monoisotopic (exact) mass is 329 g/mol. The van der Waals surface area contributed by atoms with Crippen LogP contribution in [0.25, 0.3) is 11.1 Å². The van der Waals surface area contributed by atoms with Crippen molar-refractivity contribution >= 4 is 5.97 Å². The summed E-state index contributed by atoms with van der Waals surface area (Å²) in [6.45, 7) is 4.59. The molecule has 1 unspecified atom stereocenters. The van der Waals surface area contributed by atoms with Crippen molar-refractivity contribution < 1.29 is 19.7 Å². The van der Waals surface area contributed by atoms with E-state index in [4.69, 9.17) is 4.74 Å². The van der Waals surface area contributed by atoms with Crippen LogP contribution in [0.15, 0.2) is 48.5 Å². The van der Waals surface area contributed by atoms with Gasteiger partial charge in [-0.25, -0.2) is 4.79 Å². The first-order valence-electron chi connectivity index (χ1n) is 7.94. The Kier molecular flexibility index (Phi) is 6.35. The van der Waals surface area contributed by atoms with Crippen molar-refractivity contribution in [3.63, 3.8) is 0 Å². The van der Waals surface area contributed by atoms with E-state index in [-0.39, 0.29) is 12.2 Å². The van der Waals surface area contributed by atoms with Gasteiger partial charge in [0.1, 0.15) is 18.5 Å². The summed E-state index contributed by atoms with van der Waals surface area (Å²) in [4.78, 5) is 11.4. The second-order valence-corrected chi connectivity index (χ2v) is 5.91. The molecule has 128 valence electrons. The number of nitrogens with one attached hydrogen (secondary N) is 1. The summed E-state index contributed by atoms with van der Waals surface area (Å²) in [6.07, 6.45) is -0.633. The molecule has 0 spiro atoms. The second kappa shape index (κ2) is 8.47. The van der Waals surface area contributed by atoms with Gasteiger partial charge in [-0.2, -0.15) is 0 Å². The van der Waals surface area contributed by atoms with Crippen LogP contribution in [0.3, 0.4) is 0 Å². The number of ether oxygens (including phenoxy) is 1. The lowest BCUT2D eigenvalue weighted by atomic mass is 9.99. The zero-order valence-electron chi connectivity index (χ0n) is 13.9. The predicted octanol–water partition coefficient (Wildman–Crippen LogP) is 2.79. The van der Waals surface area contributed by atoms with E-state index in [0.29, 0.717) is 23.9 Å². The van der Waals surface area contributed by atoms with Crippen molar-refractivity contribution in [1.29, 1.82) is 0 Å². The zero-order chi connectivity index (χ0) is 17.5. The Morgan fingerprint density at radius 1 is 1.17 bits per heavy atom. The minimum Gasteiger partial charge on any atom is -0.491 e. The molecule has 0 saturated carbocycles. The topological polar surface area (TPSA) is 78.8 Å². The third-order valence-corrected chi connectivity index (χ3v) is 3.51. The third-order valence-electron chi connectivity index (χ3n) is 3.51. The molecule has 0 aromatic heterocycles. The molecule has 0 radical (unpaired) electrons. The van der Waals surface area contributed by atoms with Gasteiger partial charge >= 0.3 is 5.97 Å². The average Bonchev–Trinajstić information content (AvgIpc) is 2.58. The van der Waals surface area contributed by atoms with Gasteiger partial charge in [0.25, 0.3) is 0 Å². The van der Waals surface area contributed by atoms with Crippen molar-refractivity contribution in [2.24, 2.45) is 0 Å². The summed E-state index contributed by atoms with van der Waals surface area (Å²) in [5.41, 5.74) is 1.62. The molecule has 1 atom stereocenters. The van der Waals surface area contributed by atoms with Gasteiger partial charge in [0.05, 0.1) is 5.56 Å². The molecule has 0 bridgehead atoms. The Morgan fingerprint density at radius 2 is 1.88 bits per heavy atom. The van der Waals surface area contributed by atoms with Crippen LogP contribution in [0, 0.1) is 0 Å². The highest BCUT2D eigenvalue weighted by atomic mass is 16.5. The molecule has 24 heavy (non-hydrogen) atoms. The molecule has 0 heterocycles. The Morgan fingerprint density at radius 3 is 2.50 bits per heavy atom. The smallest absolute Gasteiger partial charge is 0.336 e. The van der Waals surface area contributed by atoms with Gasteiger partial charge in [0, 0.05) is 12.6 Å². The molecule has 0 aliphatic heterocycles. The highest BCUT2D eigenvalue weighted by Crippen LogP contribution is 2.28. The normalized spacial score (nSPS) is 12.2.